The minimum absolute atomic E-state index is 0.175. The zero-order valence-corrected chi connectivity index (χ0v) is 10.8. The molecule has 6 heteroatoms. The fraction of sp³-hybridized carbons (Fsp3) is 0.250. The Balaban J connectivity index is 3.15. The van der Waals surface area contributed by atoms with Crippen molar-refractivity contribution in [1.29, 1.82) is 0 Å². The highest BCUT2D eigenvalue weighted by molar-refractivity contribution is 7.84. The fourth-order valence-corrected chi connectivity index (χ4v) is 1.53. The fourth-order valence-electron chi connectivity index (χ4n) is 1.21. The van der Waals surface area contributed by atoms with E-state index in [2.05, 4.69) is 21.9 Å². The highest BCUT2D eigenvalue weighted by Crippen LogP contribution is 2.28. The average Bonchev–Trinajstić information content (AvgIpc) is 2.01. The first-order chi connectivity index (χ1) is 6.21. The number of thiol groups is 1. The summed E-state index contributed by atoms with van der Waals surface area (Å²) in [5, 5.41) is 8.95. The summed E-state index contributed by atoms with van der Waals surface area (Å²) in [5.41, 5.74) is 2.00. The van der Waals surface area contributed by atoms with Crippen LogP contribution >= 0.6 is 21.9 Å². The lowest BCUT2D eigenvalue weighted by atomic mass is 9.65. The third-order valence-corrected chi connectivity index (χ3v) is 2.74. The van der Waals surface area contributed by atoms with E-state index in [9.17, 15) is 5.11 Å². The molecule has 72 valence electrons. The van der Waals surface area contributed by atoms with Gasteiger partial charge in [0.2, 0.25) is 0 Å². The summed E-state index contributed by atoms with van der Waals surface area (Å²) in [6, 6.07) is 7.87. The summed E-state index contributed by atoms with van der Waals surface area (Å²) in [6.45, 7) is 0. The summed E-state index contributed by atoms with van der Waals surface area (Å²) in [5.74, 6) is 0. The molecule has 1 N–H and O–H groups in total. The first kappa shape index (κ1) is 12.2. The van der Waals surface area contributed by atoms with Crippen LogP contribution in [0.1, 0.15) is 11.1 Å². The average molecular weight is 222 g/mol. The lowest BCUT2D eigenvalue weighted by molar-refractivity contribution is 0.225. The molecule has 1 rings (SSSR count). The van der Waals surface area contributed by atoms with Gasteiger partial charge in [0.15, 0.2) is 7.85 Å². The highest BCUT2D eigenvalue weighted by atomic mass is 32.1. The second kappa shape index (κ2) is 3.96. The van der Waals surface area contributed by atoms with Gasteiger partial charge in [-0.15, -0.1) is 9.24 Å². The van der Waals surface area contributed by atoms with Crippen molar-refractivity contribution in [3.63, 3.8) is 0 Å². The van der Waals surface area contributed by atoms with E-state index in [-0.39, 0.29) is 4.55 Å². The van der Waals surface area contributed by atoms with Gasteiger partial charge in [0.1, 0.15) is 15.7 Å². The number of benzene rings is 1. The Labute approximate surface area is 95.9 Å². The molecule has 0 saturated heterocycles. The molecular weight excluding hydrogens is 208 g/mol. The normalized spacial score (nSPS) is 16.2. The van der Waals surface area contributed by atoms with Gasteiger partial charge in [-0.2, -0.15) is 12.6 Å². The van der Waals surface area contributed by atoms with Gasteiger partial charge < -0.3 is 5.11 Å². The third-order valence-electron chi connectivity index (χ3n) is 2.15. The molecule has 0 saturated carbocycles. The van der Waals surface area contributed by atoms with Crippen molar-refractivity contribution in [3.8, 4) is 0 Å². The molecule has 0 fully saturated rings. The molecule has 0 heterocycles. The molecule has 0 aliphatic rings. The van der Waals surface area contributed by atoms with Gasteiger partial charge in [-0.05, 0) is 15.7 Å². The molecule has 0 amide bonds. The topological polar surface area (TPSA) is 20.2 Å². The van der Waals surface area contributed by atoms with Crippen molar-refractivity contribution < 1.29 is 5.11 Å². The van der Waals surface area contributed by atoms with Crippen LogP contribution in [0.3, 0.4) is 0 Å². The third kappa shape index (κ3) is 3.08. The van der Waals surface area contributed by atoms with Crippen LogP contribution in [-0.2, 0) is 9.79 Å². The minimum atomic E-state index is -0.866. The van der Waals surface area contributed by atoms with Crippen molar-refractivity contribution in [1.82, 2.24) is 0 Å². The van der Waals surface area contributed by atoms with Gasteiger partial charge in [-0.25, -0.2) is 0 Å². The van der Waals surface area contributed by atoms with Crippen LogP contribution in [0.25, 0.3) is 0 Å². The maximum Gasteiger partial charge on any atom is 0.153 e. The molecule has 0 radical (unpaired) electrons. The Morgan fingerprint density at radius 2 is 1.71 bits per heavy atom. The first-order valence-electron chi connectivity index (χ1n) is 4.56. The molecule has 14 heavy (non-hydrogen) atoms. The second-order valence-corrected chi connectivity index (χ2v) is 6.53. The predicted molar refractivity (Wildman–Crippen MR) is 76.3 cm³/mol. The van der Waals surface area contributed by atoms with E-state index in [1.807, 2.05) is 40.0 Å². The van der Waals surface area contributed by atoms with Gasteiger partial charge in [-0.3, -0.25) is 0 Å². The maximum atomic E-state index is 9.82. The molecule has 0 aliphatic heterocycles. The van der Waals surface area contributed by atoms with Crippen molar-refractivity contribution >= 4 is 45.4 Å². The van der Waals surface area contributed by atoms with Crippen LogP contribution in [0.2, 0.25) is 0 Å². The molecule has 1 aromatic rings. The molecule has 0 aliphatic carbocycles. The minimum Gasteiger partial charge on any atom is -0.391 e. The number of rotatable bonds is 2. The zero-order valence-electron chi connectivity index (χ0n) is 8.78. The van der Waals surface area contributed by atoms with Crippen LogP contribution in [0.15, 0.2) is 24.3 Å². The van der Waals surface area contributed by atoms with Crippen molar-refractivity contribution in [3.05, 3.63) is 35.4 Å². The van der Waals surface area contributed by atoms with E-state index in [4.69, 9.17) is 0 Å². The molecule has 0 aromatic heterocycles. The molecule has 0 spiro atoms. The van der Waals surface area contributed by atoms with Crippen LogP contribution in [0.5, 0.6) is 0 Å². The van der Waals surface area contributed by atoms with Crippen LogP contribution in [0.4, 0.5) is 0 Å². The lowest BCUT2D eigenvalue weighted by Gasteiger charge is -2.23. The first-order valence-corrected chi connectivity index (χ1v) is 5.58. The summed E-state index contributed by atoms with van der Waals surface area (Å²) in [6.07, 6.45) is 0. The van der Waals surface area contributed by atoms with Gasteiger partial charge in [-0.1, -0.05) is 24.3 Å². The quantitative estimate of drug-likeness (QED) is 0.358. The van der Waals surface area contributed by atoms with E-state index in [1.165, 1.54) is 0 Å². The maximum absolute atomic E-state index is 9.82. The van der Waals surface area contributed by atoms with Crippen molar-refractivity contribution in [2.75, 3.05) is 0 Å². The number of aliphatic hydroxyl groups is 1. The van der Waals surface area contributed by atoms with Crippen molar-refractivity contribution in [2.45, 2.75) is 9.79 Å². The smallest absolute Gasteiger partial charge is 0.153 e. The van der Waals surface area contributed by atoms with E-state index in [0.29, 0.717) is 0 Å². The molecular formula is C8H14B3OPS. The summed E-state index contributed by atoms with van der Waals surface area (Å²) >= 11 is 4.50. The summed E-state index contributed by atoms with van der Waals surface area (Å²) < 4.78 is -0.175. The zero-order chi connectivity index (χ0) is 11.0. The van der Waals surface area contributed by atoms with Gasteiger partial charge in [0.25, 0.3) is 0 Å². The lowest BCUT2D eigenvalue weighted by Crippen LogP contribution is -2.21. The Morgan fingerprint density at radius 3 is 2.14 bits per heavy atom. The molecule has 2 unspecified atom stereocenters. The monoisotopic (exact) mass is 222 g/mol. The summed E-state index contributed by atoms with van der Waals surface area (Å²) in [4.78, 5) is 0. The van der Waals surface area contributed by atoms with Gasteiger partial charge >= 0.3 is 0 Å². The van der Waals surface area contributed by atoms with E-state index in [0.717, 1.165) is 11.1 Å². The van der Waals surface area contributed by atoms with Crippen LogP contribution in [0, 0.1) is 0 Å². The van der Waals surface area contributed by atoms with E-state index < -0.39 is 5.24 Å². The number of hydrogen-bond acceptors (Lipinski definition) is 2. The Hall–Kier alpha value is 0.155. The van der Waals surface area contributed by atoms with Crippen LogP contribution < -0.4 is 0 Å². The highest BCUT2D eigenvalue weighted by Gasteiger charge is 2.20. The number of hydrogen-bond donors (Lipinski definition) is 2. The molecule has 0 bridgehead atoms. The van der Waals surface area contributed by atoms with E-state index >= 15 is 0 Å². The second-order valence-electron chi connectivity index (χ2n) is 4.29. The Morgan fingerprint density at radius 1 is 1.21 bits per heavy atom. The van der Waals surface area contributed by atoms with Gasteiger partial charge in [0, 0.05) is 0 Å². The Kier molecular flexibility index (Phi) is 3.46. The van der Waals surface area contributed by atoms with Crippen LogP contribution in [-0.4, -0.2) is 28.6 Å². The molecule has 1 aromatic carbocycles. The van der Waals surface area contributed by atoms with Gasteiger partial charge in [0.05, 0.1) is 5.24 Å². The standard InChI is InChI=1S/C8H14B3OPS/c9-7(10,14)5-2-1-3-6(4-5)8(11,12)13/h1-4,12,14H,9-11,13H2. The van der Waals surface area contributed by atoms with E-state index in [1.54, 1.807) is 7.85 Å². The largest absolute Gasteiger partial charge is 0.391 e. The SMILES string of the molecule is BC(O)(P)c1cccc(C(B)(B)S)c1. The van der Waals surface area contributed by atoms with Crippen molar-refractivity contribution in [2.24, 2.45) is 0 Å². The molecule has 1 nitrogen and oxygen atoms in total. The predicted octanol–water partition coefficient (Wildman–Crippen LogP) is -1.40. The Bertz CT molecular complexity index is 303. The summed E-state index contributed by atoms with van der Waals surface area (Å²) in [7, 11) is 8.25. The molecule has 2 atom stereocenters.